The zero-order chi connectivity index (χ0) is 16.4. The van der Waals surface area contributed by atoms with Crippen LogP contribution in [-0.2, 0) is 13.0 Å². The molecule has 1 aliphatic rings. The molecule has 1 aromatic heterocycles. The fourth-order valence-corrected chi connectivity index (χ4v) is 2.62. The molecule has 2 aromatic rings. The zero-order valence-electron chi connectivity index (χ0n) is 13.2. The van der Waals surface area contributed by atoms with Gasteiger partial charge in [0.25, 0.3) is 11.8 Å². The predicted molar refractivity (Wildman–Crippen MR) is 86.4 cm³/mol. The molecule has 0 spiro atoms. The number of hydrogen-bond donors (Lipinski definition) is 3. The lowest BCUT2D eigenvalue weighted by molar-refractivity contribution is 0.0918. The van der Waals surface area contributed by atoms with Gasteiger partial charge in [-0.1, -0.05) is 31.2 Å². The van der Waals surface area contributed by atoms with Gasteiger partial charge in [-0.2, -0.15) is 0 Å². The number of fused-ring (bicyclic) bond motifs is 1. The maximum Gasteiger partial charge on any atom is 0.259 e. The Kier molecular flexibility index (Phi) is 4.06. The molecule has 0 saturated carbocycles. The largest absolute Gasteiger partial charge is 0.444 e. The first-order chi connectivity index (χ1) is 11.1. The molecule has 1 aromatic carbocycles. The molecule has 0 aliphatic carbocycles. The van der Waals surface area contributed by atoms with Gasteiger partial charge >= 0.3 is 0 Å². The normalized spacial score (nSPS) is 13.0. The Labute approximate surface area is 134 Å². The number of amides is 2. The molecule has 23 heavy (non-hydrogen) atoms. The standard InChI is InChI=1S/C17H19N3O3/c1-3-11-4-6-12(7-5-11)8-18-15(21)13-10(2)23-17-14(13)16(22)19-9-20-17/h4-7,20H,3,8-9H2,1-2H3,(H,18,21)(H,19,22). The van der Waals surface area contributed by atoms with Crippen LogP contribution in [0.1, 0.15) is 44.5 Å². The van der Waals surface area contributed by atoms with Crippen LogP contribution in [0.4, 0.5) is 5.88 Å². The van der Waals surface area contributed by atoms with Crippen LogP contribution in [0.25, 0.3) is 0 Å². The van der Waals surface area contributed by atoms with Gasteiger partial charge in [-0.25, -0.2) is 0 Å². The summed E-state index contributed by atoms with van der Waals surface area (Å²) in [5, 5.41) is 8.40. The molecule has 2 amide bonds. The molecule has 120 valence electrons. The van der Waals surface area contributed by atoms with Crippen LogP contribution in [0.15, 0.2) is 28.7 Å². The monoisotopic (exact) mass is 313 g/mol. The van der Waals surface area contributed by atoms with E-state index in [2.05, 4.69) is 22.9 Å². The van der Waals surface area contributed by atoms with Crippen LogP contribution in [0.3, 0.4) is 0 Å². The highest BCUT2D eigenvalue weighted by atomic mass is 16.4. The predicted octanol–water partition coefficient (Wildman–Crippen LogP) is 2.19. The van der Waals surface area contributed by atoms with Gasteiger partial charge in [0.2, 0.25) is 5.88 Å². The highest BCUT2D eigenvalue weighted by Gasteiger charge is 2.30. The van der Waals surface area contributed by atoms with Crippen molar-refractivity contribution < 1.29 is 14.0 Å². The third kappa shape index (κ3) is 2.92. The minimum Gasteiger partial charge on any atom is -0.444 e. The van der Waals surface area contributed by atoms with Gasteiger partial charge in [0.15, 0.2) is 0 Å². The van der Waals surface area contributed by atoms with Crippen LogP contribution in [0.5, 0.6) is 0 Å². The molecule has 0 radical (unpaired) electrons. The number of aryl methyl sites for hydroxylation is 2. The highest BCUT2D eigenvalue weighted by Crippen LogP contribution is 2.28. The number of anilines is 1. The number of nitrogens with one attached hydrogen (secondary N) is 3. The van der Waals surface area contributed by atoms with Crippen LogP contribution in [0.2, 0.25) is 0 Å². The van der Waals surface area contributed by atoms with Crippen molar-refractivity contribution in [3.8, 4) is 0 Å². The highest BCUT2D eigenvalue weighted by molar-refractivity contribution is 6.11. The summed E-state index contributed by atoms with van der Waals surface area (Å²) in [4.78, 5) is 24.4. The fourth-order valence-electron chi connectivity index (χ4n) is 2.62. The maximum absolute atomic E-state index is 12.5. The van der Waals surface area contributed by atoms with E-state index in [1.54, 1.807) is 6.92 Å². The van der Waals surface area contributed by atoms with Gasteiger partial charge in [-0.3, -0.25) is 9.59 Å². The van der Waals surface area contributed by atoms with E-state index in [1.165, 1.54) is 5.56 Å². The summed E-state index contributed by atoms with van der Waals surface area (Å²) in [7, 11) is 0. The first-order valence-corrected chi connectivity index (χ1v) is 7.61. The number of rotatable bonds is 4. The van der Waals surface area contributed by atoms with Gasteiger partial charge in [0.1, 0.15) is 11.3 Å². The number of hydrogen-bond acceptors (Lipinski definition) is 4. The van der Waals surface area contributed by atoms with Crippen LogP contribution < -0.4 is 16.0 Å². The summed E-state index contributed by atoms with van der Waals surface area (Å²) < 4.78 is 5.48. The van der Waals surface area contributed by atoms with Gasteiger partial charge in [-0.15, -0.1) is 0 Å². The Hall–Kier alpha value is -2.76. The molecule has 6 heteroatoms. The first-order valence-electron chi connectivity index (χ1n) is 7.61. The minimum absolute atomic E-state index is 0.271. The number of carbonyl (C=O) groups is 2. The molecular weight excluding hydrogens is 294 g/mol. The van der Waals surface area contributed by atoms with E-state index < -0.39 is 0 Å². The quantitative estimate of drug-likeness (QED) is 0.808. The van der Waals surface area contributed by atoms with Gasteiger partial charge in [0, 0.05) is 6.54 Å². The van der Waals surface area contributed by atoms with Gasteiger partial charge in [-0.05, 0) is 24.5 Å². The molecule has 0 atom stereocenters. The molecule has 0 fully saturated rings. The average Bonchev–Trinajstić information content (AvgIpc) is 2.90. The van der Waals surface area contributed by atoms with E-state index in [4.69, 9.17) is 4.42 Å². The molecule has 1 aliphatic heterocycles. The minimum atomic E-state index is -0.314. The Morgan fingerprint density at radius 3 is 2.61 bits per heavy atom. The molecule has 0 bridgehead atoms. The van der Waals surface area contributed by atoms with Crippen molar-refractivity contribution in [3.05, 3.63) is 52.3 Å². The SMILES string of the molecule is CCc1ccc(CNC(=O)c2c(C)oc3c2C(=O)NCN3)cc1. The first kappa shape index (κ1) is 15.1. The second-order valence-corrected chi connectivity index (χ2v) is 5.45. The summed E-state index contributed by atoms with van der Waals surface area (Å²) in [6, 6.07) is 8.07. The lowest BCUT2D eigenvalue weighted by Crippen LogP contribution is -2.36. The Morgan fingerprint density at radius 2 is 1.91 bits per heavy atom. The number of carbonyl (C=O) groups excluding carboxylic acids is 2. The molecular formula is C17H19N3O3. The van der Waals surface area contributed by atoms with Crippen molar-refractivity contribution in [2.45, 2.75) is 26.8 Å². The number of benzene rings is 1. The summed E-state index contributed by atoms with van der Waals surface area (Å²) in [6.45, 7) is 4.47. The molecule has 2 heterocycles. The van der Waals surface area contributed by atoms with Crippen LogP contribution in [0, 0.1) is 6.92 Å². The third-order valence-corrected chi connectivity index (χ3v) is 3.92. The Morgan fingerprint density at radius 1 is 1.22 bits per heavy atom. The third-order valence-electron chi connectivity index (χ3n) is 3.92. The van der Waals surface area contributed by atoms with Crippen molar-refractivity contribution in [2.75, 3.05) is 12.0 Å². The molecule has 3 N–H and O–H groups in total. The van der Waals surface area contributed by atoms with Gasteiger partial charge in [0.05, 0.1) is 12.2 Å². The van der Waals surface area contributed by atoms with Crippen LogP contribution >= 0.6 is 0 Å². The van der Waals surface area contributed by atoms with E-state index in [-0.39, 0.29) is 22.9 Å². The van der Waals surface area contributed by atoms with Crippen LogP contribution in [-0.4, -0.2) is 18.5 Å². The number of furan rings is 1. The molecule has 3 rings (SSSR count). The molecule has 0 saturated heterocycles. The van der Waals surface area contributed by atoms with Crippen molar-refractivity contribution in [1.82, 2.24) is 10.6 Å². The zero-order valence-corrected chi connectivity index (χ0v) is 13.2. The maximum atomic E-state index is 12.5. The van der Waals surface area contributed by atoms with E-state index in [0.29, 0.717) is 24.9 Å². The summed E-state index contributed by atoms with van der Waals surface area (Å²) in [5.74, 6) is 0.168. The fraction of sp³-hybridized carbons (Fsp3) is 0.294. The van der Waals surface area contributed by atoms with Crippen molar-refractivity contribution in [1.29, 1.82) is 0 Å². The topological polar surface area (TPSA) is 83.4 Å². The summed E-state index contributed by atoms with van der Waals surface area (Å²) >= 11 is 0. The van der Waals surface area contributed by atoms with E-state index in [0.717, 1.165) is 12.0 Å². The Bertz CT molecular complexity index is 747. The van der Waals surface area contributed by atoms with E-state index in [9.17, 15) is 9.59 Å². The lowest BCUT2D eigenvalue weighted by Gasteiger charge is -2.14. The molecule has 6 nitrogen and oxygen atoms in total. The van der Waals surface area contributed by atoms with Gasteiger partial charge < -0.3 is 20.4 Å². The van der Waals surface area contributed by atoms with Crippen molar-refractivity contribution in [3.63, 3.8) is 0 Å². The second kappa shape index (κ2) is 6.16. The van der Waals surface area contributed by atoms with Crippen molar-refractivity contribution in [2.24, 2.45) is 0 Å². The van der Waals surface area contributed by atoms with E-state index >= 15 is 0 Å². The second-order valence-electron chi connectivity index (χ2n) is 5.45. The lowest BCUT2D eigenvalue weighted by atomic mass is 10.1. The molecule has 0 unspecified atom stereocenters. The summed E-state index contributed by atoms with van der Waals surface area (Å²) in [5.41, 5.74) is 2.82. The Balaban J connectivity index is 1.76. The van der Waals surface area contributed by atoms with Crippen molar-refractivity contribution >= 4 is 17.7 Å². The smallest absolute Gasteiger partial charge is 0.259 e. The summed E-state index contributed by atoms with van der Waals surface area (Å²) in [6.07, 6.45) is 0.981. The van der Waals surface area contributed by atoms with E-state index in [1.807, 2.05) is 24.3 Å². The average molecular weight is 313 g/mol.